The van der Waals surface area contributed by atoms with E-state index in [1.54, 1.807) is 6.92 Å². The Morgan fingerprint density at radius 3 is 2.53 bits per heavy atom. The second kappa shape index (κ2) is 5.43. The average molecular weight is 327 g/mol. The van der Waals surface area contributed by atoms with Gasteiger partial charge in [-0.25, -0.2) is 0 Å². The van der Waals surface area contributed by atoms with Crippen molar-refractivity contribution in [1.29, 1.82) is 0 Å². The highest BCUT2D eigenvalue weighted by molar-refractivity contribution is 9.10. The number of rotatable bonds is 2. The van der Waals surface area contributed by atoms with Crippen LogP contribution in [0.4, 0.5) is 5.69 Å². The van der Waals surface area contributed by atoms with Gasteiger partial charge in [-0.05, 0) is 61.4 Å². The minimum absolute atomic E-state index is 0.181. The number of benzene rings is 1. The van der Waals surface area contributed by atoms with E-state index >= 15 is 0 Å². The Bertz CT molecular complexity index is 459. The molecule has 1 unspecified atom stereocenters. The van der Waals surface area contributed by atoms with Crippen LogP contribution < -0.4 is 4.90 Å². The third-order valence-electron chi connectivity index (χ3n) is 4.11. The Balaban J connectivity index is 2.23. The maximum absolute atomic E-state index is 9.63. The van der Waals surface area contributed by atoms with Crippen LogP contribution in [-0.2, 0) is 0 Å². The molecule has 0 amide bonds. The van der Waals surface area contributed by atoms with Gasteiger partial charge in [0.25, 0.3) is 0 Å². The number of anilines is 1. The SMILES string of the molecule is CC(O)c1ccc(N2CCN(C)C(C)(C)C2)c(Br)c1. The highest BCUT2D eigenvalue weighted by Crippen LogP contribution is 2.32. The first kappa shape index (κ1) is 14.8. The Kier molecular flexibility index (Phi) is 4.23. The Morgan fingerprint density at radius 2 is 2.00 bits per heavy atom. The molecule has 1 saturated heterocycles. The third-order valence-corrected chi connectivity index (χ3v) is 4.75. The summed E-state index contributed by atoms with van der Waals surface area (Å²) in [5.74, 6) is 0. The molecule has 1 aliphatic rings. The van der Waals surface area contributed by atoms with Gasteiger partial charge >= 0.3 is 0 Å². The zero-order valence-electron chi connectivity index (χ0n) is 12.2. The molecule has 0 spiro atoms. The molecule has 1 fully saturated rings. The zero-order chi connectivity index (χ0) is 14.2. The Labute approximate surface area is 124 Å². The Hall–Kier alpha value is -0.580. The molecule has 0 radical (unpaired) electrons. The zero-order valence-corrected chi connectivity index (χ0v) is 13.7. The maximum Gasteiger partial charge on any atom is 0.0762 e. The van der Waals surface area contributed by atoms with Gasteiger partial charge in [-0.3, -0.25) is 4.90 Å². The summed E-state index contributed by atoms with van der Waals surface area (Å²) in [6.45, 7) is 9.45. The molecule has 106 valence electrons. The second-order valence-corrected chi connectivity index (χ2v) is 6.90. The van der Waals surface area contributed by atoms with Crippen LogP contribution >= 0.6 is 15.9 Å². The molecule has 0 bridgehead atoms. The molecular weight excluding hydrogens is 304 g/mol. The molecule has 1 aromatic carbocycles. The van der Waals surface area contributed by atoms with Crippen molar-refractivity contribution in [3.8, 4) is 0 Å². The van der Waals surface area contributed by atoms with Crippen molar-refractivity contribution < 1.29 is 5.11 Å². The highest BCUT2D eigenvalue weighted by atomic mass is 79.9. The first-order valence-corrected chi connectivity index (χ1v) is 7.54. The van der Waals surface area contributed by atoms with Crippen molar-refractivity contribution in [3.63, 3.8) is 0 Å². The topological polar surface area (TPSA) is 26.7 Å². The van der Waals surface area contributed by atoms with Gasteiger partial charge in [0.2, 0.25) is 0 Å². The summed E-state index contributed by atoms with van der Waals surface area (Å²) < 4.78 is 1.06. The molecule has 0 aliphatic carbocycles. The molecular formula is C15H23BrN2O. The molecule has 19 heavy (non-hydrogen) atoms. The normalized spacial score (nSPS) is 21.5. The van der Waals surface area contributed by atoms with Crippen molar-refractivity contribution in [2.24, 2.45) is 0 Å². The molecule has 1 heterocycles. The fourth-order valence-corrected chi connectivity index (χ4v) is 3.13. The monoisotopic (exact) mass is 326 g/mol. The summed E-state index contributed by atoms with van der Waals surface area (Å²) >= 11 is 3.64. The van der Waals surface area contributed by atoms with Gasteiger partial charge in [-0.15, -0.1) is 0 Å². The van der Waals surface area contributed by atoms with E-state index in [-0.39, 0.29) is 5.54 Å². The van der Waals surface area contributed by atoms with E-state index in [4.69, 9.17) is 0 Å². The second-order valence-electron chi connectivity index (χ2n) is 6.04. The molecule has 0 saturated carbocycles. The molecule has 3 nitrogen and oxygen atoms in total. The fraction of sp³-hybridized carbons (Fsp3) is 0.600. The van der Waals surface area contributed by atoms with Crippen LogP contribution in [0, 0.1) is 0 Å². The lowest BCUT2D eigenvalue weighted by Crippen LogP contribution is -2.57. The highest BCUT2D eigenvalue weighted by Gasteiger charge is 2.31. The fourth-order valence-electron chi connectivity index (χ4n) is 2.49. The van der Waals surface area contributed by atoms with E-state index in [1.807, 2.05) is 12.1 Å². The lowest BCUT2D eigenvalue weighted by Gasteiger charge is -2.46. The smallest absolute Gasteiger partial charge is 0.0762 e. The van der Waals surface area contributed by atoms with Crippen LogP contribution in [0.3, 0.4) is 0 Å². The molecule has 1 atom stereocenters. The number of halogens is 1. The van der Waals surface area contributed by atoms with E-state index in [1.165, 1.54) is 5.69 Å². The summed E-state index contributed by atoms with van der Waals surface area (Å²) in [6.07, 6.45) is -0.422. The van der Waals surface area contributed by atoms with Gasteiger partial charge in [0, 0.05) is 29.6 Å². The van der Waals surface area contributed by atoms with Crippen molar-refractivity contribution in [2.45, 2.75) is 32.4 Å². The van der Waals surface area contributed by atoms with Crippen molar-refractivity contribution in [3.05, 3.63) is 28.2 Å². The van der Waals surface area contributed by atoms with Gasteiger partial charge in [-0.2, -0.15) is 0 Å². The number of hydrogen-bond donors (Lipinski definition) is 1. The van der Waals surface area contributed by atoms with Crippen LogP contribution in [0.15, 0.2) is 22.7 Å². The molecule has 4 heteroatoms. The lowest BCUT2D eigenvalue weighted by molar-refractivity contribution is 0.139. The third kappa shape index (κ3) is 3.12. The van der Waals surface area contributed by atoms with E-state index < -0.39 is 6.10 Å². The first-order valence-electron chi connectivity index (χ1n) is 6.75. The van der Waals surface area contributed by atoms with Crippen LogP contribution in [0.5, 0.6) is 0 Å². The standard InChI is InChI=1S/C15H23BrN2O/c1-11(19)12-5-6-14(13(16)9-12)18-8-7-17(4)15(2,3)10-18/h5-6,9,11,19H,7-8,10H2,1-4H3. The van der Waals surface area contributed by atoms with Crippen molar-refractivity contribution >= 4 is 21.6 Å². The average Bonchev–Trinajstić information content (AvgIpc) is 2.32. The number of aliphatic hydroxyl groups is 1. The number of piperazine rings is 1. The summed E-state index contributed by atoms with van der Waals surface area (Å²) in [6, 6.07) is 6.13. The largest absolute Gasteiger partial charge is 0.389 e. The van der Waals surface area contributed by atoms with Crippen LogP contribution in [0.2, 0.25) is 0 Å². The van der Waals surface area contributed by atoms with Gasteiger partial charge in [0.15, 0.2) is 0 Å². The number of aliphatic hydroxyl groups excluding tert-OH is 1. The van der Waals surface area contributed by atoms with Crippen molar-refractivity contribution in [1.82, 2.24) is 4.90 Å². The van der Waals surface area contributed by atoms with E-state index in [2.05, 4.69) is 52.7 Å². The number of hydrogen-bond acceptors (Lipinski definition) is 3. The van der Waals surface area contributed by atoms with Gasteiger partial charge in [0.05, 0.1) is 11.8 Å². The predicted molar refractivity (Wildman–Crippen MR) is 83.7 cm³/mol. The molecule has 1 aliphatic heterocycles. The predicted octanol–water partition coefficient (Wildman–Crippen LogP) is 3.03. The molecule has 2 rings (SSSR count). The first-order chi connectivity index (χ1) is 8.81. The summed E-state index contributed by atoms with van der Waals surface area (Å²) in [5, 5.41) is 9.63. The van der Waals surface area contributed by atoms with Gasteiger partial charge in [0.1, 0.15) is 0 Å². The minimum atomic E-state index is -0.422. The lowest BCUT2D eigenvalue weighted by atomic mass is 9.99. The van der Waals surface area contributed by atoms with Crippen molar-refractivity contribution in [2.75, 3.05) is 31.6 Å². The maximum atomic E-state index is 9.63. The van der Waals surface area contributed by atoms with E-state index in [0.717, 1.165) is 29.7 Å². The van der Waals surface area contributed by atoms with Crippen LogP contribution in [-0.4, -0.2) is 42.2 Å². The molecule has 0 aromatic heterocycles. The quantitative estimate of drug-likeness (QED) is 0.904. The summed E-state index contributed by atoms with van der Waals surface area (Å²) in [7, 11) is 2.18. The van der Waals surface area contributed by atoms with Crippen LogP contribution in [0.1, 0.15) is 32.4 Å². The summed E-state index contributed by atoms with van der Waals surface area (Å²) in [5.41, 5.74) is 2.34. The number of nitrogens with zero attached hydrogens (tertiary/aromatic N) is 2. The Morgan fingerprint density at radius 1 is 1.32 bits per heavy atom. The minimum Gasteiger partial charge on any atom is -0.389 e. The van der Waals surface area contributed by atoms with Crippen LogP contribution in [0.25, 0.3) is 0 Å². The number of likely N-dealkylation sites (N-methyl/N-ethyl adjacent to an activating group) is 1. The summed E-state index contributed by atoms with van der Waals surface area (Å²) in [4.78, 5) is 4.82. The van der Waals surface area contributed by atoms with Gasteiger partial charge in [-0.1, -0.05) is 6.07 Å². The van der Waals surface area contributed by atoms with E-state index in [9.17, 15) is 5.11 Å². The van der Waals surface area contributed by atoms with Gasteiger partial charge < -0.3 is 10.0 Å². The molecule has 1 aromatic rings. The molecule has 1 N–H and O–H groups in total. The van der Waals surface area contributed by atoms with E-state index in [0.29, 0.717) is 0 Å².